The fraction of sp³-hybridized carbons (Fsp3) is 0.300. The van der Waals surface area contributed by atoms with Crippen molar-refractivity contribution < 1.29 is 9.18 Å². The maximum atomic E-state index is 13.3. The number of nitrogens with zero attached hydrogens (tertiary/aromatic N) is 4. The summed E-state index contributed by atoms with van der Waals surface area (Å²) in [6.45, 7) is 5.54. The lowest BCUT2D eigenvalue weighted by molar-refractivity contribution is 0.0755. The number of hydrogen-bond donors (Lipinski definition) is 0. The molecular formula is C20H23FN4O. The number of hydrogen-bond acceptors (Lipinski definition) is 2. The van der Waals surface area contributed by atoms with Gasteiger partial charge in [0.2, 0.25) is 0 Å². The zero-order valence-corrected chi connectivity index (χ0v) is 15.1. The molecule has 3 rings (SSSR count). The van der Waals surface area contributed by atoms with E-state index < -0.39 is 0 Å². The van der Waals surface area contributed by atoms with Crippen LogP contribution in [-0.4, -0.2) is 38.2 Å². The average molecular weight is 354 g/mol. The lowest BCUT2D eigenvalue weighted by Crippen LogP contribution is -2.33. The van der Waals surface area contributed by atoms with Crippen molar-refractivity contribution in [3.8, 4) is 11.5 Å². The highest BCUT2D eigenvalue weighted by Gasteiger charge is 2.23. The van der Waals surface area contributed by atoms with E-state index in [9.17, 15) is 9.18 Å². The van der Waals surface area contributed by atoms with Crippen molar-refractivity contribution in [3.63, 3.8) is 0 Å². The maximum absolute atomic E-state index is 13.3. The van der Waals surface area contributed by atoms with Gasteiger partial charge in [-0.2, -0.15) is 5.10 Å². The van der Waals surface area contributed by atoms with E-state index in [4.69, 9.17) is 0 Å². The summed E-state index contributed by atoms with van der Waals surface area (Å²) in [5.41, 5.74) is 1.24. The van der Waals surface area contributed by atoms with E-state index in [0.717, 1.165) is 12.8 Å². The second-order valence-electron chi connectivity index (χ2n) is 6.15. The zero-order chi connectivity index (χ0) is 18.5. The van der Waals surface area contributed by atoms with Crippen LogP contribution in [0, 0.1) is 5.82 Å². The molecule has 0 aliphatic carbocycles. The molecule has 26 heavy (non-hydrogen) atoms. The predicted octanol–water partition coefficient (Wildman–Crippen LogP) is 4.06. The van der Waals surface area contributed by atoms with Gasteiger partial charge in [-0.25, -0.2) is 9.07 Å². The summed E-state index contributed by atoms with van der Waals surface area (Å²) in [5.74, 6) is 0.311. The molecule has 0 N–H and O–H groups in total. The third kappa shape index (κ3) is 3.54. The quantitative estimate of drug-likeness (QED) is 0.642. The van der Waals surface area contributed by atoms with Gasteiger partial charge in [0.15, 0.2) is 5.82 Å². The van der Waals surface area contributed by atoms with Gasteiger partial charge in [-0.1, -0.05) is 13.8 Å². The van der Waals surface area contributed by atoms with Crippen LogP contribution in [0.15, 0.2) is 55.0 Å². The van der Waals surface area contributed by atoms with Gasteiger partial charge in [0.1, 0.15) is 11.4 Å². The molecule has 1 aromatic carbocycles. The summed E-state index contributed by atoms with van der Waals surface area (Å²) < 4.78 is 16.8. The molecule has 0 spiro atoms. The highest BCUT2D eigenvalue weighted by Crippen LogP contribution is 2.22. The minimum Gasteiger partial charge on any atom is -0.339 e. The van der Waals surface area contributed by atoms with Gasteiger partial charge in [0.05, 0.1) is 11.9 Å². The van der Waals surface area contributed by atoms with Crippen molar-refractivity contribution in [1.82, 2.24) is 19.2 Å². The third-order valence-electron chi connectivity index (χ3n) is 4.17. The van der Waals surface area contributed by atoms with E-state index in [-0.39, 0.29) is 11.7 Å². The SMILES string of the molecule is CCCN(CCC)C(=O)c1cnn(-c2ccc(F)cc2)c1-n1cccc1. The first kappa shape index (κ1) is 17.9. The molecule has 2 heterocycles. The van der Waals surface area contributed by atoms with E-state index in [1.165, 1.54) is 12.1 Å². The van der Waals surface area contributed by atoms with Gasteiger partial charge in [0.25, 0.3) is 5.91 Å². The van der Waals surface area contributed by atoms with Crippen molar-refractivity contribution in [1.29, 1.82) is 0 Å². The number of rotatable bonds is 7. The average Bonchev–Trinajstić information content (AvgIpc) is 3.31. The van der Waals surface area contributed by atoms with Crippen molar-refractivity contribution >= 4 is 5.91 Å². The lowest BCUT2D eigenvalue weighted by atomic mass is 10.2. The van der Waals surface area contributed by atoms with Crippen LogP contribution in [-0.2, 0) is 0 Å². The first-order valence-electron chi connectivity index (χ1n) is 8.92. The Labute approximate surface area is 152 Å². The number of aromatic nitrogens is 3. The molecule has 136 valence electrons. The van der Waals surface area contributed by atoms with Crippen LogP contribution in [0.5, 0.6) is 0 Å². The topological polar surface area (TPSA) is 43.1 Å². The number of amides is 1. The molecule has 2 aromatic heterocycles. The van der Waals surface area contributed by atoms with Crippen LogP contribution in [0.1, 0.15) is 37.0 Å². The van der Waals surface area contributed by atoms with Crippen LogP contribution < -0.4 is 0 Å². The van der Waals surface area contributed by atoms with E-state index in [0.29, 0.717) is 30.2 Å². The largest absolute Gasteiger partial charge is 0.339 e. The molecule has 1 amide bonds. The predicted molar refractivity (Wildman–Crippen MR) is 99.3 cm³/mol. The minimum atomic E-state index is -0.309. The maximum Gasteiger partial charge on any atom is 0.259 e. The summed E-state index contributed by atoms with van der Waals surface area (Å²) in [5, 5.41) is 4.42. The van der Waals surface area contributed by atoms with Gasteiger partial charge in [0, 0.05) is 25.5 Å². The molecule has 0 bridgehead atoms. The highest BCUT2D eigenvalue weighted by molar-refractivity contribution is 5.97. The highest BCUT2D eigenvalue weighted by atomic mass is 19.1. The Balaban J connectivity index is 2.09. The zero-order valence-electron chi connectivity index (χ0n) is 15.1. The third-order valence-corrected chi connectivity index (χ3v) is 4.17. The van der Waals surface area contributed by atoms with Gasteiger partial charge >= 0.3 is 0 Å². The van der Waals surface area contributed by atoms with E-state index in [1.807, 2.05) is 34.0 Å². The Kier molecular flexibility index (Phi) is 5.51. The number of benzene rings is 1. The Bertz CT molecular complexity index is 847. The summed E-state index contributed by atoms with van der Waals surface area (Å²) in [6, 6.07) is 9.87. The molecule has 5 nitrogen and oxygen atoms in total. The van der Waals surface area contributed by atoms with Gasteiger partial charge in [-0.3, -0.25) is 4.79 Å². The Morgan fingerprint density at radius 2 is 1.69 bits per heavy atom. The molecule has 0 aliphatic heterocycles. The molecule has 0 unspecified atom stereocenters. The Hall–Kier alpha value is -2.89. The summed E-state index contributed by atoms with van der Waals surface area (Å²) >= 11 is 0. The normalized spacial score (nSPS) is 10.9. The molecular weight excluding hydrogens is 331 g/mol. The van der Waals surface area contributed by atoms with E-state index in [2.05, 4.69) is 18.9 Å². The van der Waals surface area contributed by atoms with Gasteiger partial charge in [-0.15, -0.1) is 0 Å². The molecule has 0 saturated heterocycles. The smallest absolute Gasteiger partial charge is 0.259 e. The van der Waals surface area contributed by atoms with Crippen LogP contribution >= 0.6 is 0 Å². The minimum absolute atomic E-state index is 0.0363. The van der Waals surface area contributed by atoms with Gasteiger partial charge < -0.3 is 9.47 Å². The van der Waals surface area contributed by atoms with Crippen molar-refractivity contribution in [2.45, 2.75) is 26.7 Å². The number of carbonyl (C=O) groups is 1. The standard InChI is InChI=1S/C20H23FN4O/c1-3-11-24(12-4-2)20(26)18-15-22-25(17-9-7-16(21)8-10-17)19(18)23-13-5-6-14-23/h5-10,13-15H,3-4,11-12H2,1-2H3. The molecule has 0 fully saturated rings. The van der Waals surface area contributed by atoms with Crippen molar-refractivity contribution in [2.75, 3.05) is 13.1 Å². The Morgan fingerprint density at radius 3 is 2.27 bits per heavy atom. The fourth-order valence-corrected chi connectivity index (χ4v) is 3.01. The van der Waals surface area contributed by atoms with E-state index >= 15 is 0 Å². The first-order valence-corrected chi connectivity index (χ1v) is 8.92. The molecule has 0 aliphatic rings. The second-order valence-corrected chi connectivity index (χ2v) is 6.15. The lowest BCUT2D eigenvalue weighted by Gasteiger charge is -2.21. The monoisotopic (exact) mass is 354 g/mol. The summed E-state index contributed by atoms with van der Waals surface area (Å²) in [7, 11) is 0. The number of halogens is 1. The van der Waals surface area contributed by atoms with E-state index in [1.54, 1.807) is 23.0 Å². The molecule has 3 aromatic rings. The van der Waals surface area contributed by atoms with Crippen LogP contribution in [0.25, 0.3) is 11.5 Å². The summed E-state index contributed by atoms with van der Waals surface area (Å²) in [4.78, 5) is 15.0. The second kappa shape index (κ2) is 7.99. The van der Waals surface area contributed by atoms with Crippen molar-refractivity contribution in [3.05, 3.63) is 66.4 Å². The van der Waals surface area contributed by atoms with Crippen LogP contribution in [0.4, 0.5) is 4.39 Å². The molecule has 0 radical (unpaired) electrons. The fourth-order valence-electron chi connectivity index (χ4n) is 3.01. The van der Waals surface area contributed by atoms with Crippen molar-refractivity contribution in [2.24, 2.45) is 0 Å². The molecule has 0 atom stereocenters. The number of carbonyl (C=O) groups excluding carboxylic acids is 1. The molecule has 0 saturated carbocycles. The Morgan fingerprint density at radius 1 is 1.08 bits per heavy atom. The first-order chi connectivity index (χ1) is 12.7. The molecule has 6 heteroatoms. The summed E-state index contributed by atoms with van der Waals surface area (Å²) in [6.07, 6.45) is 7.14. The van der Waals surface area contributed by atoms with Crippen LogP contribution in [0.3, 0.4) is 0 Å². The van der Waals surface area contributed by atoms with Gasteiger partial charge in [-0.05, 0) is 49.2 Å². The van der Waals surface area contributed by atoms with Crippen LogP contribution in [0.2, 0.25) is 0 Å².